The monoisotopic (exact) mass is 491 g/mol. The number of hydrogen-bond acceptors (Lipinski definition) is 3. The highest BCUT2D eigenvalue weighted by atomic mass is 16.1. The van der Waals surface area contributed by atoms with E-state index in [1.807, 2.05) is 54.5 Å². The van der Waals surface area contributed by atoms with Crippen LogP contribution in [-0.2, 0) is 12.8 Å². The highest BCUT2D eigenvalue weighted by Gasteiger charge is 2.17. The Morgan fingerprint density at radius 1 is 0.972 bits per heavy atom. The highest BCUT2D eigenvalue weighted by Crippen LogP contribution is 2.25. The Hall–Kier alpha value is -2.88. The van der Waals surface area contributed by atoms with Gasteiger partial charge in [-0.2, -0.15) is 0 Å². The number of benzene rings is 1. The van der Waals surface area contributed by atoms with E-state index in [9.17, 15) is 4.79 Å². The summed E-state index contributed by atoms with van der Waals surface area (Å²) in [6.07, 6.45) is 9.69. The van der Waals surface area contributed by atoms with E-state index < -0.39 is 0 Å². The summed E-state index contributed by atoms with van der Waals surface area (Å²) in [5.74, 6) is 0.873. The molecule has 0 radical (unpaired) electrons. The molecule has 2 aromatic heterocycles. The van der Waals surface area contributed by atoms with E-state index in [0.717, 1.165) is 30.3 Å². The smallest absolute Gasteiger partial charge is 0.200 e. The van der Waals surface area contributed by atoms with Crippen molar-refractivity contribution in [1.82, 2.24) is 14.9 Å². The molecule has 1 aromatic carbocycles. The first kappa shape index (κ1) is 31.2. The van der Waals surface area contributed by atoms with Crippen LogP contribution in [0.15, 0.2) is 54.1 Å². The van der Waals surface area contributed by atoms with Gasteiger partial charge < -0.3 is 9.88 Å². The van der Waals surface area contributed by atoms with Gasteiger partial charge in [0.15, 0.2) is 5.43 Å². The number of nitrogens with zero attached hydrogens (tertiary/aromatic N) is 2. The van der Waals surface area contributed by atoms with Crippen molar-refractivity contribution in [2.75, 3.05) is 13.1 Å². The zero-order valence-electron chi connectivity index (χ0n) is 24.1. The fraction of sp³-hybridized carbons (Fsp3) is 0.500. The van der Waals surface area contributed by atoms with Crippen LogP contribution in [0.2, 0.25) is 0 Å². The summed E-state index contributed by atoms with van der Waals surface area (Å²) in [4.78, 5) is 22.2. The molecule has 0 unspecified atom stereocenters. The molecule has 0 bridgehead atoms. The Morgan fingerprint density at radius 2 is 1.53 bits per heavy atom. The first-order valence-electron chi connectivity index (χ1n) is 14.0. The van der Waals surface area contributed by atoms with E-state index >= 15 is 0 Å². The third-order valence-electron chi connectivity index (χ3n) is 6.17. The molecule has 1 aliphatic carbocycles. The Kier molecular flexibility index (Phi) is 14.5. The summed E-state index contributed by atoms with van der Waals surface area (Å²) in [7, 11) is 0. The quantitative estimate of drug-likeness (QED) is 0.393. The minimum atomic E-state index is 0.0190. The topological polar surface area (TPSA) is 49.0 Å². The maximum atomic E-state index is 12.6. The largest absolute Gasteiger partial charge is 0.371 e. The Morgan fingerprint density at radius 3 is 2.08 bits per heavy atom. The Balaban J connectivity index is 0.000000340. The van der Waals surface area contributed by atoms with Crippen molar-refractivity contribution >= 4 is 16.7 Å². The average molecular weight is 492 g/mol. The lowest BCUT2D eigenvalue weighted by molar-refractivity contribution is 0.326. The molecule has 198 valence electrons. The lowest BCUT2D eigenvalue weighted by Gasteiger charge is -2.30. The number of fused-ring (bicyclic) bond motifs is 2. The number of nitrogens with one attached hydrogen (secondary N) is 1. The lowest BCUT2D eigenvalue weighted by atomic mass is 10.1. The number of piperidine rings is 1. The average Bonchev–Trinajstić information content (AvgIpc) is 3.33. The Labute approximate surface area is 219 Å². The number of aromatic nitrogens is 2. The predicted molar refractivity (Wildman–Crippen MR) is 159 cm³/mol. The molecule has 1 fully saturated rings. The van der Waals surface area contributed by atoms with Crippen LogP contribution >= 0.6 is 0 Å². The maximum Gasteiger partial charge on any atom is 0.200 e. The van der Waals surface area contributed by atoms with Crippen molar-refractivity contribution < 1.29 is 0 Å². The molecule has 1 saturated heterocycles. The minimum Gasteiger partial charge on any atom is -0.371 e. The van der Waals surface area contributed by atoms with Crippen LogP contribution in [-0.4, -0.2) is 28.0 Å². The van der Waals surface area contributed by atoms with Crippen LogP contribution < -0.4 is 5.43 Å². The van der Waals surface area contributed by atoms with Crippen LogP contribution in [0.1, 0.15) is 90.0 Å². The molecule has 3 aromatic rings. The lowest BCUT2D eigenvalue weighted by Crippen LogP contribution is -2.30. The van der Waals surface area contributed by atoms with Gasteiger partial charge in [-0.05, 0) is 67.7 Å². The van der Waals surface area contributed by atoms with Crippen molar-refractivity contribution in [3.63, 3.8) is 0 Å². The number of pyridine rings is 2. The highest BCUT2D eigenvalue weighted by molar-refractivity contribution is 5.79. The molecule has 4 heteroatoms. The molecule has 4 nitrogen and oxygen atoms in total. The van der Waals surface area contributed by atoms with E-state index in [1.54, 1.807) is 23.5 Å². The summed E-state index contributed by atoms with van der Waals surface area (Å²) in [6, 6.07) is 10.7. The summed E-state index contributed by atoms with van der Waals surface area (Å²) >= 11 is 0. The van der Waals surface area contributed by atoms with E-state index in [0.29, 0.717) is 16.6 Å². The van der Waals surface area contributed by atoms with Crippen molar-refractivity contribution in [2.24, 2.45) is 5.92 Å². The summed E-state index contributed by atoms with van der Waals surface area (Å²) < 4.78 is 0. The minimum absolute atomic E-state index is 0.0190. The molecule has 0 amide bonds. The third-order valence-corrected chi connectivity index (χ3v) is 6.17. The van der Waals surface area contributed by atoms with Gasteiger partial charge in [-0.3, -0.25) is 4.79 Å². The number of aromatic amines is 1. The van der Waals surface area contributed by atoms with Crippen molar-refractivity contribution in [1.29, 1.82) is 0 Å². The molecule has 5 rings (SSSR count). The van der Waals surface area contributed by atoms with Crippen molar-refractivity contribution in [2.45, 2.75) is 87.5 Å². The predicted octanol–water partition coefficient (Wildman–Crippen LogP) is 8.19. The van der Waals surface area contributed by atoms with E-state index in [2.05, 4.69) is 52.6 Å². The zero-order valence-corrected chi connectivity index (χ0v) is 24.1. The summed E-state index contributed by atoms with van der Waals surface area (Å²) in [5, 5.41) is 0.639. The van der Waals surface area contributed by atoms with Gasteiger partial charge in [-0.15, -0.1) is 0 Å². The molecule has 36 heavy (non-hydrogen) atoms. The van der Waals surface area contributed by atoms with Gasteiger partial charge in [-0.25, -0.2) is 4.98 Å². The number of rotatable bonds is 2. The number of likely N-dealkylation sites (tertiary alicyclic amines) is 1. The SMILES string of the molecule is C=C(c1c[nH]c2ncc(C)cc2c1=O)N1CCCCC1.CC.CC.CC.CC1Cc2ccccc2C1. The second-order valence-corrected chi connectivity index (χ2v) is 8.72. The molecule has 0 atom stereocenters. The van der Waals surface area contributed by atoms with Gasteiger partial charge >= 0.3 is 0 Å². The normalized spacial score (nSPS) is 13.9. The standard InChI is InChI=1S/C16H19N3O.C10H12.3C2H6/c1-11-8-13-15(20)14(10-18-16(13)17-9-11)12(2)19-6-4-3-5-7-19;1-8-6-9-4-2-3-5-10(9)7-8;3*1-2/h8-10H,2-7H2,1H3,(H,17,18,20);2-5,8H,6-7H2,1H3;3*1-2H3. The molecule has 0 saturated carbocycles. The van der Waals surface area contributed by atoms with Gasteiger partial charge in [0.05, 0.1) is 10.9 Å². The van der Waals surface area contributed by atoms with Crippen LogP contribution in [0.3, 0.4) is 0 Å². The molecular weight excluding hydrogens is 442 g/mol. The van der Waals surface area contributed by atoms with Gasteiger partial charge in [0.25, 0.3) is 0 Å². The first-order chi connectivity index (χ1) is 17.5. The number of H-pyrrole nitrogens is 1. The van der Waals surface area contributed by atoms with Crippen LogP contribution in [0.25, 0.3) is 16.7 Å². The van der Waals surface area contributed by atoms with E-state index in [1.165, 1.54) is 32.1 Å². The van der Waals surface area contributed by atoms with Gasteiger partial charge in [0.2, 0.25) is 0 Å². The summed E-state index contributed by atoms with van der Waals surface area (Å²) in [6.45, 7) is 22.4. The van der Waals surface area contributed by atoms with E-state index in [4.69, 9.17) is 0 Å². The van der Waals surface area contributed by atoms with Crippen LogP contribution in [0, 0.1) is 12.8 Å². The molecule has 3 heterocycles. The van der Waals surface area contributed by atoms with Gasteiger partial charge in [0, 0.05) is 31.2 Å². The molecular formula is C32H49N3O. The molecule has 1 N–H and O–H groups in total. The first-order valence-corrected chi connectivity index (χ1v) is 14.0. The van der Waals surface area contributed by atoms with Crippen LogP contribution in [0.4, 0.5) is 0 Å². The number of aryl methyl sites for hydroxylation is 1. The fourth-order valence-electron chi connectivity index (χ4n) is 4.54. The van der Waals surface area contributed by atoms with Gasteiger partial charge in [-0.1, -0.05) is 79.3 Å². The van der Waals surface area contributed by atoms with Crippen molar-refractivity contribution in [3.8, 4) is 0 Å². The maximum absolute atomic E-state index is 12.6. The van der Waals surface area contributed by atoms with Crippen LogP contribution in [0.5, 0.6) is 0 Å². The molecule has 1 aliphatic heterocycles. The second-order valence-electron chi connectivity index (χ2n) is 8.72. The summed E-state index contributed by atoms with van der Waals surface area (Å²) in [5.41, 5.74) is 6.26. The number of hydrogen-bond donors (Lipinski definition) is 1. The van der Waals surface area contributed by atoms with Crippen molar-refractivity contribution in [3.05, 3.63) is 81.8 Å². The molecule has 0 spiro atoms. The Bertz CT molecular complexity index is 1080. The fourth-order valence-corrected chi connectivity index (χ4v) is 4.54. The zero-order chi connectivity index (χ0) is 27.1. The molecule has 2 aliphatic rings. The van der Waals surface area contributed by atoms with E-state index in [-0.39, 0.29) is 5.43 Å². The third kappa shape index (κ3) is 8.36. The second kappa shape index (κ2) is 16.7. The van der Waals surface area contributed by atoms with Gasteiger partial charge in [0.1, 0.15) is 5.65 Å².